The summed E-state index contributed by atoms with van der Waals surface area (Å²) in [5, 5.41) is 15.5. The molecule has 1 saturated heterocycles. The lowest BCUT2D eigenvalue weighted by atomic mass is 10.1. The van der Waals surface area contributed by atoms with Crippen molar-refractivity contribution in [2.45, 2.75) is 38.3 Å². The number of fused-ring (bicyclic) bond motifs is 1. The van der Waals surface area contributed by atoms with Crippen molar-refractivity contribution < 1.29 is 9.53 Å². The van der Waals surface area contributed by atoms with Crippen LogP contribution in [0.5, 0.6) is 11.5 Å². The molecule has 9 nitrogen and oxygen atoms in total. The second kappa shape index (κ2) is 10.4. The van der Waals surface area contributed by atoms with Gasteiger partial charge in [-0.15, -0.1) is 0 Å². The summed E-state index contributed by atoms with van der Waals surface area (Å²) in [4.78, 5) is 23.7. The van der Waals surface area contributed by atoms with Crippen LogP contribution in [0.15, 0.2) is 66.5 Å². The fraction of sp³-hybridized carbons (Fsp3) is 0.276. The van der Waals surface area contributed by atoms with E-state index in [0.29, 0.717) is 63.6 Å². The molecule has 0 bridgehead atoms. The lowest BCUT2D eigenvalue weighted by molar-refractivity contribution is -0.127. The smallest absolute Gasteiger partial charge is 0.264 e. The number of halogens is 1. The van der Waals surface area contributed by atoms with Crippen molar-refractivity contribution in [2.75, 3.05) is 12.3 Å². The fourth-order valence-corrected chi connectivity index (χ4v) is 5.28. The molecule has 4 aromatic rings. The number of allylic oxidation sites excluding steroid dienone is 1. The van der Waals surface area contributed by atoms with Crippen LogP contribution in [0.4, 0.5) is 5.82 Å². The van der Waals surface area contributed by atoms with E-state index in [0.717, 1.165) is 25.7 Å². The lowest BCUT2D eigenvalue weighted by Crippen LogP contribution is -2.39. The summed E-state index contributed by atoms with van der Waals surface area (Å²) in [6.45, 7) is 1.01. The highest BCUT2D eigenvalue weighted by molar-refractivity contribution is 6.33. The number of nitrogens with two attached hydrogens (primary N) is 1. The molecule has 0 unspecified atom stereocenters. The second-order valence-electron chi connectivity index (χ2n) is 9.87. The number of hydrogen-bond acceptors (Lipinski definition) is 7. The highest BCUT2D eigenvalue weighted by atomic mass is 35.5. The third-order valence-corrected chi connectivity index (χ3v) is 7.44. The summed E-state index contributed by atoms with van der Waals surface area (Å²) >= 11 is 6.72. The predicted molar refractivity (Wildman–Crippen MR) is 148 cm³/mol. The van der Waals surface area contributed by atoms with Crippen molar-refractivity contribution in [1.29, 1.82) is 5.26 Å². The average Bonchev–Trinajstić information content (AvgIpc) is 3.52. The molecule has 10 heteroatoms. The van der Waals surface area contributed by atoms with Crippen LogP contribution < -0.4 is 10.5 Å². The molecule has 2 aromatic carbocycles. The quantitative estimate of drug-likeness (QED) is 0.247. The first-order valence-electron chi connectivity index (χ1n) is 12.9. The number of aromatic nitrogens is 4. The summed E-state index contributed by atoms with van der Waals surface area (Å²) < 4.78 is 7.69. The molecule has 1 aliphatic heterocycles. The number of anilines is 1. The Kier molecular flexibility index (Phi) is 6.63. The molecule has 196 valence electrons. The molecule has 1 atom stereocenters. The van der Waals surface area contributed by atoms with Gasteiger partial charge in [-0.2, -0.15) is 10.4 Å². The monoisotopic (exact) mass is 539 g/mol. The zero-order chi connectivity index (χ0) is 26.9. The number of carbonyl (C=O) groups is 1. The van der Waals surface area contributed by atoms with Crippen LogP contribution in [0.25, 0.3) is 22.3 Å². The number of nitrogens with zero attached hydrogens (tertiary/aromatic N) is 6. The van der Waals surface area contributed by atoms with Gasteiger partial charge in [-0.05, 0) is 55.9 Å². The Bertz CT molecular complexity index is 1620. The molecule has 1 aliphatic carbocycles. The molecule has 2 aliphatic rings. The molecular formula is C29H26ClN7O2. The number of hydrogen-bond donors (Lipinski definition) is 1. The second-order valence-corrected chi connectivity index (χ2v) is 10.3. The normalized spacial score (nSPS) is 17.4. The van der Waals surface area contributed by atoms with E-state index in [1.165, 1.54) is 6.33 Å². The van der Waals surface area contributed by atoms with Crippen molar-refractivity contribution in [1.82, 2.24) is 24.6 Å². The van der Waals surface area contributed by atoms with Gasteiger partial charge in [-0.25, -0.2) is 14.6 Å². The molecule has 2 aromatic heterocycles. The van der Waals surface area contributed by atoms with Crippen LogP contribution in [-0.4, -0.2) is 43.1 Å². The Hall–Kier alpha value is -4.42. The molecule has 0 radical (unpaired) electrons. The maximum absolute atomic E-state index is 13.2. The minimum absolute atomic E-state index is 0.127. The Morgan fingerprint density at radius 2 is 1.97 bits per heavy atom. The minimum Gasteiger partial charge on any atom is -0.457 e. The van der Waals surface area contributed by atoms with E-state index in [-0.39, 0.29) is 17.5 Å². The molecule has 1 amide bonds. The number of benzene rings is 2. The standard InChI is InChI=1S/C29H26ClN7O2/c30-24-14-22(39-21-6-2-1-3-7-21)10-11-23(24)26-25-27(32)33-17-34-28(25)37(35-26)16-20-5-4-12-36(20)29(38)19(15-31)13-18-8-9-18/h1-3,6-7,10-11,13-14,17-18,20H,4-5,8-9,12,16H2,(H2,32,33,34)/b19-13-/t20-/m1/s1. The third-order valence-electron chi connectivity index (χ3n) is 7.13. The predicted octanol–water partition coefficient (Wildman–Crippen LogP) is 5.37. The van der Waals surface area contributed by atoms with E-state index in [1.807, 2.05) is 48.5 Å². The van der Waals surface area contributed by atoms with E-state index < -0.39 is 0 Å². The largest absolute Gasteiger partial charge is 0.457 e. The zero-order valence-corrected chi connectivity index (χ0v) is 21.9. The summed E-state index contributed by atoms with van der Waals surface area (Å²) in [7, 11) is 0. The summed E-state index contributed by atoms with van der Waals surface area (Å²) in [6.07, 6.45) is 6.95. The first-order chi connectivity index (χ1) is 19.0. The van der Waals surface area contributed by atoms with Gasteiger partial charge in [0.2, 0.25) is 0 Å². The SMILES string of the molecule is N#C/C(=C/C1CC1)C(=O)N1CCC[C@@H]1Cn1nc(-c2ccc(Oc3ccccc3)cc2Cl)c2c(N)ncnc21. The van der Waals surface area contributed by atoms with Crippen LogP contribution in [0.2, 0.25) is 5.02 Å². The molecule has 2 N–H and O–H groups in total. The highest BCUT2D eigenvalue weighted by Crippen LogP contribution is 2.38. The molecule has 1 saturated carbocycles. The summed E-state index contributed by atoms with van der Waals surface area (Å²) in [5.41, 5.74) is 8.32. The van der Waals surface area contributed by atoms with Gasteiger partial charge >= 0.3 is 0 Å². The van der Waals surface area contributed by atoms with Crippen LogP contribution in [0.3, 0.4) is 0 Å². The van der Waals surface area contributed by atoms with Crippen molar-refractivity contribution >= 4 is 34.4 Å². The Morgan fingerprint density at radius 3 is 2.72 bits per heavy atom. The van der Waals surface area contributed by atoms with Crippen molar-refractivity contribution in [3.05, 3.63) is 71.5 Å². The highest BCUT2D eigenvalue weighted by Gasteiger charge is 2.33. The molecule has 39 heavy (non-hydrogen) atoms. The van der Waals surface area contributed by atoms with Crippen LogP contribution >= 0.6 is 11.6 Å². The zero-order valence-electron chi connectivity index (χ0n) is 21.1. The molecule has 6 rings (SSSR count). The fourth-order valence-electron chi connectivity index (χ4n) is 5.02. The summed E-state index contributed by atoms with van der Waals surface area (Å²) in [5.74, 6) is 1.72. The number of rotatable bonds is 7. The summed E-state index contributed by atoms with van der Waals surface area (Å²) in [6, 6.07) is 16.8. The number of nitrogen functional groups attached to an aromatic ring is 1. The van der Waals surface area contributed by atoms with Crippen LogP contribution in [0, 0.1) is 17.2 Å². The lowest BCUT2D eigenvalue weighted by Gasteiger charge is -2.24. The number of carbonyl (C=O) groups excluding carboxylic acids is 1. The van der Waals surface area contributed by atoms with Crippen molar-refractivity contribution in [3.63, 3.8) is 0 Å². The average molecular weight is 540 g/mol. The van der Waals surface area contributed by atoms with Crippen molar-refractivity contribution in [2.24, 2.45) is 5.92 Å². The van der Waals surface area contributed by atoms with Gasteiger partial charge in [0.15, 0.2) is 5.65 Å². The van der Waals surface area contributed by atoms with Gasteiger partial charge in [0.1, 0.15) is 41.0 Å². The number of amides is 1. The number of ether oxygens (including phenoxy) is 1. The molecule has 3 heterocycles. The first kappa shape index (κ1) is 24.9. The van der Waals surface area contributed by atoms with E-state index in [1.54, 1.807) is 15.6 Å². The maximum Gasteiger partial charge on any atom is 0.264 e. The maximum atomic E-state index is 13.2. The number of likely N-dealkylation sites (tertiary alicyclic amines) is 1. The number of nitriles is 1. The molecular weight excluding hydrogens is 514 g/mol. The van der Waals surface area contributed by atoms with Gasteiger partial charge < -0.3 is 15.4 Å². The van der Waals surface area contributed by atoms with E-state index in [9.17, 15) is 10.1 Å². The molecule has 0 spiro atoms. The number of para-hydroxylation sites is 1. The first-order valence-corrected chi connectivity index (χ1v) is 13.3. The van der Waals surface area contributed by atoms with E-state index in [2.05, 4.69) is 16.0 Å². The van der Waals surface area contributed by atoms with Gasteiger partial charge in [0.05, 0.1) is 23.0 Å². The van der Waals surface area contributed by atoms with Gasteiger partial charge in [0.25, 0.3) is 5.91 Å². The topological polar surface area (TPSA) is 123 Å². The van der Waals surface area contributed by atoms with Gasteiger partial charge in [-0.1, -0.05) is 35.9 Å². The Labute approximate surface area is 230 Å². The van der Waals surface area contributed by atoms with E-state index >= 15 is 0 Å². The van der Waals surface area contributed by atoms with Gasteiger partial charge in [0, 0.05) is 18.2 Å². The van der Waals surface area contributed by atoms with E-state index in [4.69, 9.17) is 27.2 Å². The van der Waals surface area contributed by atoms with Crippen LogP contribution in [-0.2, 0) is 11.3 Å². The third kappa shape index (κ3) is 5.03. The Morgan fingerprint density at radius 1 is 1.15 bits per heavy atom. The minimum atomic E-state index is -0.213. The Balaban J connectivity index is 1.32. The van der Waals surface area contributed by atoms with Gasteiger partial charge in [-0.3, -0.25) is 4.79 Å². The molecule has 2 fully saturated rings. The van der Waals surface area contributed by atoms with Crippen molar-refractivity contribution in [3.8, 4) is 28.8 Å². The van der Waals surface area contributed by atoms with Crippen LogP contribution in [0.1, 0.15) is 25.7 Å².